The summed E-state index contributed by atoms with van der Waals surface area (Å²) in [6.45, 7) is 0.477. The van der Waals surface area contributed by atoms with Crippen molar-refractivity contribution < 1.29 is 9.18 Å². The summed E-state index contributed by atoms with van der Waals surface area (Å²) < 4.78 is 13.9. The van der Waals surface area contributed by atoms with Crippen molar-refractivity contribution in [2.24, 2.45) is 0 Å². The van der Waals surface area contributed by atoms with Crippen LogP contribution >= 0.6 is 11.3 Å². The highest BCUT2D eigenvalue weighted by Crippen LogP contribution is 2.26. The van der Waals surface area contributed by atoms with E-state index in [1.54, 1.807) is 12.1 Å². The Morgan fingerprint density at radius 2 is 2.21 bits per heavy atom. The molecule has 0 fully saturated rings. The highest BCUT2D eigenvalue weighted by Gasteiger charge is 2.10. The molecule has 0 saturated carbocycles. The van der Waals surface area contributed by atoms with E-state index in [4.69, 9.17) is 0 Å². The van der Waals surface area contributed by atoms with Gasteiger partial charge < -0.3 is 10.3 Å². The molecule has 3 aromatic rings. The molecule has 5 heteroatoms. The summed E-state index contributed by atoms with van der Waals surface area (Å²) in [6, 6.07) is 8.22. The van der Waals surface area contributed by atoms with Crippen LogP contribution < -0.4 is 5.32 Å². The van der Waals surface area contributed by atoms with Crippen LogP contribution in [-0.2, 0) is 6.54 Å². The number of H-pyrrole nitrogens is 1. The molecule has 0 saturated heterocycles. The van der Waals surface area contributed by atoms with Crippen LogP contribution in [0.4, 0.5) is 4.39 Å². The quantitative estimate of drug-likeness (QED) is 0.756. The molecule has 1 aromatic carbocycles. The Morgan fingerprint density at radius 1 is 1.32 bits per heavy atom. The largest absolute Gasteiger partial charge is 0.367 e. The van der Waals surface area contributed by atoms with Gasteiger partial charge in [0, 0.05) is 23.6 Å². The average Bonchev–Trinajstić information content (AvgIpc) is 3.04. The molecule has 0 aliphatic carbocycles. The molecule has 3 rings (SSSR count). The molecular weight excluding hydrogens is 263 g/mol. The zero-order valence-electron chi connectivity index (χ0n) is 9.94. The van der Waals surface area contributed by atoms with Gasteiger partial charge in [-0.15, -0.1) is 11.3 Å². The summed E-state index contributed by atoms with van der Waals surface area (Å²) in [5.41, 5.74) is 1.01. The standard InChI is InChI=1S/C14H11FN2OS/c15-11-2-1-10-5-13(19-12(10)6-11)14(18)17-8-9-3-4-16-7-9/h1-7,16H,8H2,(H,17,18). The summed E-state index contributed by atoms with van der Waals surface area (Å²) >= 11 is 1.30. The number of carbonyl (C=O) groups excluding carboxylic acids is 1. The Hall–Kier alpha value is -2.14. The smallest absolute Gasteiger partial charge is 0.261 e. The zero-order valence-corrected chi connectivity index (χ0v) is 10.8. The molecule has 0 spiro atoms. The van der Waals surface area contributed by atoms with E-state index in [2.05, 4.69) is 10.3 Å². The first-order valence-corrected chi connectivity index (χ1v) is 6.63. The van der Waals surface area contributed by atoms with E-state index in [1.165, 1.54) is 23.5 Å². The van der Waals surface area contributed by atoms with Crippen molar-refractivity contribution in [3.8, 4) is 0 Å². The number of carbonyl (C=O) groups is 1. The minimum absolute atomic E-state index is 0.136. The highest BCUT2D eigenvalue weighted by atomic mass is 32.1. The van der Waals surface area contributed by atoms with Crippen LogP contribution in [0.15, 0.2) is 42.7 Å². The molecule has 3 nitrogen and oxygen atoms in total. The van der Waals surface area contributed by atoms with Gasteiger partial charge in [0.05, 0.1) is 4.88 Å². The number of amides is 1. The second-order valence-electron chi connectivity index (χ2n) is 4.19. The molecule has 2 heterocycles. The first-order chi connectivity index (χ1) is 9.22. The SMILES string of the molecule is O=C(NCc1cc[nH]c1)c1cc2ccc(F)cc2s1. The zero-order chi connectivity index (χ0) is 13.2. The lowest BCUT2D eigenvalue weighted by Crippen LogP contribution is -2.21. The fraction of sp³-hybridized carbons (Fsp3) is 0.0714. The molecule has 0 radical (unpaired) electrons. The molecule has 2 aromatic heterocycles. The van der Waals surface area contributed by atoms with Gasteiger partial charge in [-0.05, 0) is 35.2 Å². The third-order valence-electron chi connectivity index (χ3n) is 2.82. The first kappa shape index (κ1) is 11.9. The van der Waals surface area contributed by atoms with Gasteiger partial charge in [0.2, 0.25) is 0 Å². The van der Waals surface area contributed by atoms with Gasteiger partial charge in [0.15, 0.2) is 0 Å². The maximum absolute atomic E-state index is 13.1. The third-order valence-corrected chi connectivity index (χ3v) is 3.92. The number of hydrogen-bond acceptors (Lipinski definition) is 2. The van der Waals surface area contributed by atoms with Gasteiger partial charge >= 0.3 is 0 Å². The average molecular weight is 274 g/mol. The number of hydrogen-bond donors (Lipinski definition) is 2. The normalized spacial score (nSPS) is 10.8. The van der Waals surface area contributed by atoms with Gasteiger partial charge in [0.1, 0.15) is 5.82 Å². The minimum Gasteiger partial charge on any atom is -0.367 e. The minimum atomic E-state index is -0.284. The van der Waals surface area contributed by atoms with Crippen molar-refractivity contribution in [2.45, 2.75) is 6.54 Å². The maximum Gasteiger partial charge on any atom is 0.261 e. The highest BCUT2D eigenvalue weighted by molar-refractivity contribution is 7.20. The number of rotatable bonds is 3. The van der Waals surface area contributed by atoms with Gasteiger partial charge in [-0.2, -0.15) is 0 Å². The summed E-state index contributed by atoms with van der Waals surface area (Å²) in [5.74, 6) is -0.420. The lowest BCUT2D eigenvalue weighted by atomic mass is 10.2. The Morgan fingerprint density at radius 3 is 3.00 bits per heavy atom. The van der Waals surface area contributed by atoms with E-state index in [1.807, 2.05) is 18.5 Å². The molecule has 1 amide bonds. The summed E-state index contributed by atoms with van der Waals surface area (Å²) in [5, 5.41) is 3.72. The van der Waals surface area contributed by atoms with Crippen LogP contribution in [0.5, 0.6) is 0 Å². The summed E-state index contributed by atoms with van der Waals surface area (Å²) in [7, 11) is 0. The fourth-order valence-electron chi connectivity index (χ4n) is 1.85. The second kappa shape index (κ2) is 4.85. The molecule has 0 unspecified atom stereocenters. The van der Waals surface area contributed by atoms with E-state index >= 15 is 0 Å². The van der Waals surface area contributed by atoms with Gasteiger partial charge in [-0.1, -0.05) is 6.07 Å². The number of thiophene rings is 1. The summed E-state index contributed by atoms with van der Waals surface area (Å²) in [4.78, 5) is 15.5. The van der Waals surface area contributed by atoms with Crippen LogP contribution in [0.1, 0.15) is 15.2 Å². The van der Waals surface area contributed by atoms with Crippen LogP contribution in [0.2, 0.25) is 0 Å². The van der Waals surface area contributed by atoms with Crippen LogP contribution in [0.3, 0.4) is 0 Å². The summed E-state index contributed by atoms with van der Waals surface area (Å²) in [6.07, 6.45) is 3.64. The number of fused-ring (bicyclic) bond motifs is 1. The fourth-order valence-corrected chi connectivity index (χ4v) is 2.86. The van der Waals surface area contributed by atoms with Crippen molar-refractivity contribution in [1.29, 1.82) is 0 Å². The number of aromatic nitrogens is 1. The monoisotopic (exact) mass is 274 g/mol. The Bertz CT molecular complexity index is 718. The molecule has 96 valence electrons. The Labute approximate surface area is 113 Å². The van der Waals surface area contributed by atoms with Crippen LogP contribution in [0, 0.1) is 5.82 Å². The number of nitrogens with one attached hydrogen (secondary N) is 2. The Balaban J connectivity index is 1.77. The van der Waals surface area contributed by atoms with Gasteiger partial charge in [-0.25, -0.2) is 4.39 Å². The van der Waals surface area contributed by atoms with Gasteiger partial charge in [-0.3, -0.25) is 4.79 Å². The second-order valence-corrected chi connectivity index (χ2v) is 5.28. The van der Waals surface area contributed by atoms with Crippen LogP contribution in [0.25, 0.3) is 10.1 Å². The molecule has 0 bridgehead atoms. The van der Waals surface area contributed by atoms with E-state index < -0.39 is 0 Å². The molecule has 19 heavy (non-hydrogen) atoms. The van der Waals surface area contributed by atoms with Crippen molar-refractivity contribution in [2.75, 3.05) is 0 Å². The van der Waals surface area contributed by atoms with Crippen molar-refractivity contribution in [3.05, 3.63) is 59.0 Å². The number of halogens is 1. The van der Waals surface area contributed by atoms with E-state index in [0.29, 0.717) is 11.4 Å². The van der Waals surface area contributed by atoms with E-state index in [9.17, 15) is 9.18 Å². The Kier molecular flexibility index (Phi) is 3.05. The van der Waals surface area contributed by atoms with Crippen molar-refractivity contribution in [1.82, 2.24) is 10.3 Å². The topological polar surface area (TPSA) is 44.9 Å². The lowest BCUT2D eigenvalue weighted by Gasteiger charge is -2.00. The molecular formula is C14H11FN2OS. The molecule has 0 aliphatic rings. The van der Waals surface area contributed by atoms with Gasteiger partial charge in [0.25, 0.3) is 5.91 Å². The van der Waals surface area contributed by atoms with Crippen LogP contribution in [-0.4, -0.2) is 10.9 Å². The predicted molar refractivity (Wildman–Crippen MR) is 73.7 cm³/mol. The molecule has 0 atom stereocenters. The third kappa shape index (κ3) is 2.51. The number of aromatic amines is 1. The lowest BCUT2D eigenvalue weighted by molar-refractivity contribution is 0.0955. The van der Waals surface area contributed by atoms with Crippen molar-refractivity contribution in [3.63, 3.8) is 0 Å². The van der Waals surface area contributed by atoms with E-state index in [0.717, 1.165) is 15.6 Å². The first-order valence-electron chi connectivity index (χ1n) is 5.81. The molecule has 2 N–H and O–H groups in total. The number of benzene rings is 1. The molecule has 0 aliphatic heterocycles. The van der Waals surface area contributed by atoms with E-state index in [-0.39, 0.29) is 11.7 Å². The van der Waals surface area contributed by atoms with Crippen molar-refractivity contribution >= 4 is 27.3 Å². The predicted octanol–water partition coefficient (Wildman–Crippen LogP) is 3.30. The maximum atomic E-state index is 13.1.